The monoisotopic (exact) mass is 438 g/mol. The van der Waals surface area contributed by atoms with Crippen molar-refractivity contribution in [3.05, 3.63) is 94.5 Å². The number of hydrogen-bond acceptors (Lipinski definition) is 4. The van der Waals surface area contributed by atoms with Gasteiger partial charge in [0, 0.05) is 10.0 Å². The molecule has 142 valence electrons. The van der Waals surface area contributed by atoms with Gasteiger partial charge in [0.15, 0.2) is 6.61 Å². The predicted molar refractivity (Wildman–Crippen MR) is 113 cm³/mol. The van der Waals surface area contributed by atoms with Crippen LogP contribution in [0.1, 0.15) is 11.1 Å². The summed E-state index contributed by atoms with van der Waals surface area (Å²) in [4.78, 5) is 11.8. The van der Waals surface area contributed by atoms with E-state index >= 15 is 0 Å². The molecule has 1 amide bonds. The number of halogens is 1. The minimum Gasteiger partial charge on any atom is -0.488 e. The van der Waals surface area contributed by atoms with Crippen molar-refractivity contribution in [2.45, 2.75) is 6.61 Å². The van der Waals surface area contributed by atoms with Gasteiger partial charge in [-0.05, 0) is 42.0 Å². The summed E-state index contributed by atoms with van der Waals surface area (Å²) >= 11 is 3.45. The van der Waals surface area contributed by atoms with Gasteiger partial charge in [-0.15, -0.1) is 0 Å². The lowest BCUT2D eigenvalue weighted by Gasteiger charge is -2.09. The van der Waals surface area contributed by atoms with Crippen molar-refractivity contribution in [3.63, 3.8) is 0 Å². The van der Waals surface area contributed by atoms with Crippen molar-refractivity contribution in [2.24, 2.45) is 5.10 Å². The molecule has 0 spiro atoms. The Hall–Kier alpha value is -3.12. The van der Waals surface area contributed by atoms with Crippen molar-refractivity contribution >= 4 is 28.1 Å². The third kappa shape index (κ3) is 6.25. The Bertz CT molecular complexity index is 945. The van der Waals surface area contributed by atoms with Crippen LogP contribution in [-0.2, 0) is 11.4 Å². The summed E-state index contributed by atoms with van der Waals surface area (Å²) in [6.07, 6.45) is 1.55. The van der Waals surface area contributed by atoms with Crippen LogP contribution in [0.25, 0.3) is 0 Å². The van der Waals surface area contributed by atoms with E-state index in [0.717, 1.165) is 15.6 Å². The van der Waals surface area contributed by atoms with Gasteiger partial charge in [-0.1, -0.05) is 58.4 Å². The van der Waals surface area contributed by atoms with E-state index in [1.165, 1.54) is 0 Å². The molecule has 0 saturated heterocycles. The van der Waals surface area contributed by atoms with E-state index in [4.69, 9.17) is 9.47 Å². The highest BCUT2D eigenvalue weighted by Crippen LogP contribution is 2.19. The molecular weight excluding hydrogens is 420 g/mol. The molecule has 3 rings (SSSR count). The van der Waals surface area contributed by atoms with Gasteiger partial charge < -0.3 is 9.47 Å². The van der Waals surface area contributed by atoms with Crippen LogP contribution in [-0.4, -0.2) is 18.7 Å². The zero-order chi connectivity index (χ0) is 19.6. The van der Waals surface area contributed by atoms with Crippen molar-refractivity contribution in [1.29, 1.82) is 0 Å². The maximum Gasteiger partial charge on any atom is 0.277 e. The maximum absolute atomic E-state index is 11.8. The minimum atomic E-state index is -0.340. The van der Waals surface area contributed by atoms with Crippen molar-refractivity contribution < 1.29 is 14.3 Å². The number of hydrazone groups is 1. The van der Waals surface area contributed by atoms with Crippen LogP contribution in [0.4, 0.5) is 0 Å². The molecule has 6 heteroatoms. The largest absolute Gasteiger partial charge is 0.488 e. The van der Waals surface area contributed by atoms with E-state index < -0.39 is 0 Å². The molecule has 0 aliphatic heterocycles. The fraction of sp³-hybridized carbons (Fsp3) is 0.0909. The van der Waals surface area contributed by atoms with Crippen LogP contribution >= 0.6 is 15.9 Å². The van der Waals surface area contributed by atoms with E-state index in [1.54, 1.807) is 18.3 Å². The second-order valence-electron chi connectivity index (χ2n) is 5.85. The lowest BCUT2D eigenvalue weighted by atomic mass is 10.2. The molecular formula is C22H19BrN2O3. The molecule has 0 aliphatic carbocycles. The van der Waals surface area contributed by atoms with Crippen molar-refractivity contribution in [2.75, 3.05) is 6.61 Å². The van der Waals surface area contributed by atoms with Gasteiger partial charge >= 0.3 is 0 Å². The third-order valence-electron chi connectivity index (χ3n) is 3.71. The van der Waals surface area contributed by atoms with Crippen molar-refractivity contribution in [3.8, 4) is 11.5 Å². The molecule has 0 radical (unpaired) electrons. The van der Waals surface area contributed by atoms with E-state index in [0.29, 0.717) is 18.1 Å². The summed E-state index contributed by atoms with van der Waals surface area (Å²) in [7, 11) is 0. The van der Waals surface area contributed by atoms with Gasteiger partial charge in [0.1, 0.15) is 18.1 Å². The molecule has 0 fully saturated rings. The van der Waals surface area contributed by atoms with Crippen LogP contribution in [0.15, 0.2) is 88.4 Å². The van der Waals surface area contributed by atoms with Gasteiger partial charge in [0.25, 0.3) is 5.91 Å². The molecule has 0 heterocycles. The van der Waals surface area contributed by atoms with Crippen LogP contribution in [0.2, 0.25) is 0 Å². The quantitative estimate of drug-likeness (QED) is 0.414. The van der Waals surface area contributed by atoms with Gasteiger partial charge in [-0.25, -0.2) is 5.43 Å². The molecule has 0 bridgehead atoms. The number of carbonyl (C=O) groups is 1. The number of ether oxygens (including phenoxy) is 2. The van der Waals surface area contributed by atoms with Crippen molar-refractivity contribution in [1.82, 2.24) is 5.43 Å². The SMILES string of the molecule is O=C(COc1ccccc1)NN=Cc1ccccc1OCc1cccc(Br)c1. The minimum absolute atomic E-state index is 0.109. The smallest absolute Gasteiger partial charge is 0.277 e. The standard InChI is InChI=1S/C22H19BrN2O3/c23-19-9-6-7-17(13-19)15-28-21-12-5-4-8-18(21)14-24-25-22(26)16-27-20-10-2-1-3-11-20/h1-14H,15-16H2,(H,25,26). The summed E-state index contributed by atoms with van der Waals surface area (Å²) in [5.41, 5.74) is 4.27. The zero-order valence-electron chi connectivity index (χ0n) is 15.0. The predicted octanol–water partition coefficient (Wildman–Crippen LogP) is 4.56. The number of carbonyl (C=O) groups excluding carboxylic acids is 1. The number of nitrogens with one attached hydrogen (secondary N) is 1. The molecule has 3 aromatic rings. The van der Waals surface area contributed by atoms with Crippen LogP contribution in [0, 0.1) is 0 Å². The number of hydrogen-bond donors (Lipinski definition) is 1. The number of para-hydroxylation sites is 2. The topological polar surface area (TPSA) is 59.9 Å². The highest BCUT2D eigenvalue weighted by atomic mass is 79.9. The third-order valence-corrected chi connectivity index (χ3v) is 4.20. The number of amides is 1. The normalized spacial score (nSPS) is 10.6. The molecule has 0 aromatic heterocycles. The fourth-order valence-corrected chi connectivity index (χ4v) is 2.82. The number of benzene rings is 3. The fourth-order valence-electron chi connectivity index (χ4n) is 2.38. The molecule has 3 aromatic carbocycles. The second-order valence-corrected chi connectivity index (χ2v) is 6.77. The molecule has 0 unspecified atom stereocenters. The van der Waals surface area contributed by atoms with Gasteiger partial charge in [-0.3, -0.25) is 4.79 Å². The summed E-state index contributed by atoms with van der Waals surface area (Å²) in [5.74, 6) is 0.974. The molecule has 0 saturated carbocycles. The van der Waals surface area contributed by atoms with Gasteiger partial charge in [0.05, 0.1) is 6.21 Å². The Balaban J connectivity index is 1.53. The first-order chi connectivity index (χ1) is 13.7. The first-order valence-electron chi connectivity index (χ1n) is 8.67. The molecule has 1 N–H and O–H groups in total. The lowest BCUT2D eigenvalue weighted by molar-refractivity contribution is -0.123. The Morgan fingerprint density at radius 1 is 0.964 bits per heavy atom. The first kappa shape index (κ1) is 19.6. The number of rotatable bonds is 8. The van der Waals surface area contributed by atoms with E-state index in [9.17, 15) is 4.79 Å². The average Bonchev–Trinajstić information content (AvgIpc) is 2.72. The van der Waals surface area contributed by atoms with E-state index in [2.05, 4.69) is 26.5 Å². The highest BCUT2D eigenvalue weighted by Gasteiger charge is 2.04. The van der Waals surface area contributed by atoms with Gasteiger partial charge in [-0.2, -0.15) is 5.10 Å². The second kappa shape index (κ2) is 10.3. The first-order valence-corrected chi connectivity index (χ1v) is 9.46. The number of nitrogens with zero attached hydrogens (tertiary/aromatic N) is 1. The molecule has 0 aliphatic rings. The zero-order valence-corrected chi connectivity index (χ0v) is 16.6. The highest BCUT2D eigenvalue weighted by molar-refractivity contribution is 9.10. The molecule has 0 atom stereocenters. The molecule has 5 nitrogen and oxygen atoms in total. The lowest BCUT2D eigenvalue weighted by Crippen LogP contribution is -2.24. The summed E-state index contributed by atoms with van der Waals surface area (Å²) in [6.45, 7) is 0.323. The van der Waals surface area contributed by atoms with E-state index in [-0.39, 0.29) is 12.5 Å². The Kier molecular flexibility index (Phi) is 7.21. The Labute approximate surface area is 172 Å². The van der Waals surface area contributed by atoms with Crippen LogP contribution in [0.3, 0.4) is 0 Å². The van der Waals surface area contributed by atoms with Gasteiger partial charge in [0.2, 0.25) is 0 Å². The average molecular weight is 439 g/mol. The van der Waals surface area contributed by atoms with Crippen LogP contribution in [0.5, 0.6) is 11.5 Å². The van der Waals surface area contributed by atoms with Crippen LogP contribution < -0.4 is 14.9 Å². The van der Waals surface area contributed by atoms with E-state index in [1.807, 2.05) is 66.7 Å². The molecule has 28 heavy (non-hydrogen) atoms. The maximum atomic E-state index is 11.8. The summed E-state index contributed by atoms with van der Waals surface area (Å²) in [6, 6.07) is 24.6. The Morgan fingerprint density at radius 2 is 1.75 bits per heavy atom. The Morgan fingerprint density at radius 3 is 2.57 bits per heavy atom. The summed E-state index contributed by atoms with van der Waals surface area (Å²) < 4.78 is 12.3. The summed E-state index contributed by atoms with van der Waals surface area (Å²) in [5, 5.41) is 3.99.